The van der Waals surface area contributed by atoms with Gasteiger partial charge in [0.2, 0.25) is 0 Å². The number of anilines is 2. The van der Waals surface area contributed by atoms with Gasteiger partial charge in [-0.2, -0.15) is 0 Å². The zero-order chi connectivity index (χ0) is 25.4. The summed E-state index contributed by atoms with van der Waals surface area (Å²) >= 11 is 0. The fourth-order valence-electron chi connectivity index (χ4n) is 3.29. The van der Waals surface area contributed by atoms with Crippen LogP contribution in [0.4, 0.5) is 11.4 Å². The molecular weight excluding hydrogens is 468 g/mol. The maximum absolute atomic E-state index is 13.5. The molecule has 0 atom stereocenters. The number of ether oxygens (including phenoxy) is 2. The summed E-state index contributed by atoms with van der Waals surface area (Å²) in [6, 6.07) is 21.1. The number of carbonyl (C=O) groups excluding carboxylic acids is 2. The van der Waals surface area contributed by atoms with Crippen LogP contribution in [0.25, 0.3) is 0 Å². The third-order valence-electron chi connectivity index (χ3n) is 5.15. The fraction of sp³-hybridized carbons (Fsp3) is 0.154. The first-order valence-corrected chi connectivity index (χ1v) is 12.1. The molecule has 0 aliphatic rings. The van der Waals surface area contributed by atoms with Crippen molar-refractivity contribution >= 4 is 33.3 Å². The second-order valence-electron chi connectivity index (χ2n) is 7.39. The Morgan fingerprint density at radius 2 is 1.66 bits per heavy atom. The number of esters is 1. The summed E-state index contributed by atoms with van der Waals surface area (Å²) in [5, 5.41) is 0. The van der Waals surface area contributed by atoms with Crippen LogP contribution in [0.15, 0.2) is 96.4 Å². The van der Waals surface area contributed by atoms with Gasteiger partial charge in [0.05, 0.1) is 29.8 Å². The van der Waals surface area contributed by atoms with Crippen molar-refractivity contribution in [3.05, 3.63) is 97.1 Å². The largest absolute Gasteiger partial charge is 0.495 e. The van der Waals surface area contributed by atoms with Crippen LogP contribution in [-0.2, 0) is 19.6 Å². The predicted molar refractivity (Wildman–Crippen MR) is 134 cm³/mol. The van der Waals surface area contributed by atoms with Crippen LogP contribution in [0.5, 0.6) is 5.75 Å². The second-order valence-corrected chi connectivity index (χ2v) is 9.25. The summed E-state index contributed by atoms with van der Waals surface area (Å²) in [4.78, 5) is 26.3. The summed E-state index contributed by atoms with van der Waals surface area (Å²) in [6.07, 6.45) is 1.46. The minimum Gasteiger partial charge on any atom is -0.495 e. The molecule has 9 heteroatoms. The molecule has 8 nitrogen and oxygen atoms in total. The number of likely N-dealkylation sites (N-methyl/N-ethyl adjacent to an activating group) is 1. The number of hydrogen-bond donors (Lipinski definition) is 0. The van der Waals surface area contributed by atoms with Gasteiger partial charge in [0.25, 0.3) is 15.9 Å². The molecule has 0 saturated carbocycles. The number of benzene rings is 3. The standard InChI is InChI=1S/C26H26N2O6S/c1-4-17-28(23-15-8-9-16-24(23)33-3)35(31,32)22-14-10-11-20(18-22)26(30)34-19-25(29)27(2)21-12-6-5-7-13-21/h4-16,18H,1,17,19H2,2-3H3. The zero-order valence-electron chi connectivity index (χ0n) is 19.5. The lowest BCUT2D eigenvalue weighted by Crippen LogP contribution is -2.32. The minimum absolute atomic E-state index is 0.000168. The number of carbonyl (C=O) groups is 2. The molecule has 0 radical (unpaired) electrons. The third-order valence-corrected chi connectivity index (χ3v) is 6.93. The summed E-state index contributed by atoms with van der Waals surface area (Å²) < 4.78 is 38.6. The maximum Gasteiger partial charge on any atom is 0.338 e. The Morgan fingerprint density at radius 3 is 2.34 bits per heavy atom. The first-order valence-electron chi connectivity index (χ1n) is 10.6. The van der Waals surface area contributed by atoms with E-state index in [4.69, 9.17) is 9.47 Å². The van der Waals surface area contributed by atoms with Gasteiger partial charge in [-0.1, -0.05) is 42.5 Å². The smallest absolute Gasteiger partial charge is 0.338 e. The SMILES string of the molecule is C=CCN(c1ccccc1OC)S(=O)(=O)c1cccc(C(=O)OCC(=O)N(C)c2ccccc2)c1. The van der Waals surface area contributed by atoms with Crippen LogP contribution >= 0.6 is 0 Å². The molecule has 35 heavy (non-hydrogen) atoms. The number of nitrogens with zero attached hydrogens (tertiary/aromatic N) is 2. The molecule has 0 saturated heterocycles. The van der Waals surface area contributed by atoms with Crippen molar-refractivity contribution in [1.29, 1.82) is 0 Å². The van der Waals surface area contributed by atoms with E-state index >= 15 is 0 Å². The Morgan fingerprint density at radius 1 is 0.971 bits per heavy atom. The molecule has 0 N–H and O–H groups in total. The summed E-state index contributed by atoms with van der Waals surface area (Å²) in [6.45, 7) is 3.14. The second kappa shape index (κ2) is 11.3. The monoisotopic (exact) mass is 494 g/mol. The quantitative estimate of drug-likeness (QED) is 0.314. The lowest BCUT2D eigenvalue weighted by Gasteiger charge is -2.25. The van der Waals surface area contributed by atoms with Crippen molar-refractivity contribution in [2.45, 2.75) is 4.90 Å². The van der Waals surface area contributed by atoms with Gasteiger partial charge in [0.1, 0.15) is 5.75 Å². The van der Waals surface area contributed by atoms with Gasteiger partial charge in [0, 0.05) is 12.7 Å². The molecule has 3 aromatic rings. The highest BCUT2D eigenvalue weighted by Crippen LogP contribution is 2.32. The molecule has 182 valence electrons. The average Bonchev–Trinajstić information content (AvgIpc) is 2.90. The van der Waals surface area contributed by atoms with Crippen molar-refractivity contribution in [3.63, 3.8) is 0 Å². The highest BCUT2D eigenvalue weighted by molar-refractivity contribution is 7.92. The Hall–Kier alpha value is -4.11. The van der Waals surface area contributed by atoms with Gasteiger partial charge >= 0.3 is 5.97 Å². The Bertz CT molecular complexity index is 1310. The van der Waals surface area contributed by atoms with Crippen molar-refractivity contribution < 1.29 is 27.5 Å². The van der Waals surface area contributed by atoms with Gasteiger partial charge in [-0.3, -0.25) is 9.10 Å². The topological polar surface area (TPSA) is 93.2 Å². The van der Waals surface area contributed by atoms with Crippen LogP contribution in [0.3, 0.4) is 0 Å². The fourth-order valence-corrected chi connectivity index (χ4v) is 4.79. The molecule has 0 fully saturated rings. The van der Waals surface area contributed by atoms with Crippen molar-refractivity contribution in [1.82, 2.24) is 0 Å². The average molecular weight is 495 g/mol. The maximum atomic E-state index is 13.5. The first-order chi connectivity index (χ1) is 16.8. The molecule has 3 aromatic carbocycles. The molecule has 0 heterocycles. The van der Waals surface area contributed by atoms with E-state index in [1.54, 1.807) is 55.6 Å². The highest BCUT2D eigenvalue weighted by atomic mass is 32.2. The Balaban J connectivity index is 1.80. The van der Waals surface area contributed by atoms with Crippen LogP contribution in [-0.4, -0.2) is 47.6 Å². The van der Waals surface area contributed by atoms with Crippen LogP contribution in [0.1, 0.15) is 10.4 Å². The van der Waals surface area contributed by atoms with Crippen molar-refractivity contribution in [2.24, 2.45) is 0 Å². The molecular formula is C26H26N2O6S. The molecule has 0 aliphatic carbocycles. The molecule has 0 aliphatic heterocycles. The van der Waals surface area contributed by atoms with Crippen LogP contribution < -0.4 is 13.9 Å². The minimum atomic E-state index is -4.09. The van der Waals surface area contributed by atoms with E-state index in [0.717, 1.165) is 4.31 Å². The van der Waals surface area contributed by atoms with E-state index in [1.165, 1.54) is 42.4 Å². The lowest BCUT2D eigenvalue weighted by molar-refractivity contribution is -0.121. The number of amides is 1. The molecule has 0 aromatic heterocycles. The Labute approximate surface area is 205 Å². The van der Waals surface area contributed by atoms with Gasteiger partial charge < -0.3 is 14.4 Å². The Kier molecular flexibility index (Phi) is 8.27. The number of hydrogen-bond acceptors (Lipinski definition) is 6. The summed E-state index contributed by atoms with van der Waals surface area (Å²) in [5.74, 6) is -0.874. The molecule has 1 amide bonds. The van der Waals surface area contributed by atoms with Crippen molar-refractivity contribution in [3.8, 4) is 5.75 Å². The van der Waals surface area contributed by atoms with E-state index in [0.29, 0.717) is 17.1 Å². The first kappa shape index (κ1) is 25.5. The third kappa shape index (κ3) is 5.88. The van der Waals surface area contributed by atoms with E-state index in [9.17, 15) is 18.0 Å². The lowest BCUT2D eigenvalue weighted by atomic mass is 10.2. The number of sulfonamides is 1. The molecule has 0 spiro atoms. The summed E-state index contributed by atoms with van der Waals surface area (Å²) in [7, 11) is -1.06. The number of rotatable bonds is 10. The zero-order valence-corrected chi connectivity index (χ0v) is 20.3. The van der Waals surface area contributed by atoms with Gasteiger partial charge in [-0.25, -0.2) is 13.2 Å². The number of methoxy groups -OCH3 is 1. The van der Waals surface area contributed by atoms with E-state index in [-0.39, 0.29) is 17.0 Å². The van der Waals surface area contributed by atoms with E-state index < -0.39 is 28.5 Å². The summed E-state index contributed by atoms with van der Waals surface area (Å²) in [5.41, 5.74) is 0.984. The normalized spacial score (nSPS) is 10.8. The van der Waals surface area contributed by atoms with Gasteiger partial charge in [-0.05, 0) is 42.5 Å². The van der Waals surface area contributed by atoms with Crippen LogP contribution in [0, 0.1) is 0 Å². The predicted octanol–water partition coefficient (Wildman–Crippen LogP) is 3.90. The molecule has 3 rings (SSSR count). The van der Waals surface area contributed by atoms with E-state index in [2.05, 4.69) is 6.58 Å². The van der Waals surface area contributed by atoms with E-state index in [1.807, 2.05) is 6.07 Å². The molecule has 0 unspecified atom stereocenters. The van der Waals surface area contributed by atoms with Crippen molar-refractivity contribution in [2.75, 3.05) is 36.5 Å². The van der Waals surface area contributed by atoms with Gasteiger partial charge in [-0.15, -0.1) is 6.58 Å². The van der Waals surface area contributed by atoms with Gasteiger partial charge in [0.15, 0.2) is 6.61 Å². The van der Waals surface area contributed by atoms with Crippen LogP contribution in [0.2, 0.25) is 0 Å². The number of para-hydroxylation sites is 3. The molecule has 0 bridgehead atoms. The highest BCUT2D eigenvalue weighted by Gasteiger charge is 2.27.